The average molecular weight is 664 g/mol. The molecule has 0 spiro atoms. The maximum absolute atomic E-state index is 13.8. The molecule has 0 aromatic heterocycles. The fourth-order valence-corrected chi connectivity index (χ4v) is 6.98. The molecule has 250 valence electrons. The zero-order valence-corrected chi connectivity index (χ0v) is 26.9. The predicted molar refractivity (Wildman–Crippen MR) is 169 cm³/mol. The summed E-state index contributed by atoms with van der Waals surface area (Å²) in [4.78, 5) is 47.9. The lowest BCUT2D eigenvalue weighted by Gasteiger charge is -2.39. The van der Waals surface area contributed by atoms with Crippen LogP contribution in [0.5, 0.6) is 5.75 Å². The minimum atomic E-state index is -4.84. The monoisotopic (exact) mass is 663 g/mol. The lowest BCUT2D eigenvalue weighted by molar-refractivity contribution is -0.143. The van der Waals surface area contributed by atoms with Gasteiger partial charge in [0.05, 0.1) is 16.5 Å². The zero-order chi connectivity index (χ0) is 33.2. The first-order valence-corrected chi connectivity index (χ1v) is 16.2. The van der Waals surface area contributed by atoms with Crippen molar-refractivity contribution in [3.63, 3.8) is 0 Å². The van der Waals surface area contributed by atoms with E-state index < -0.39 is 28.4 Å². The van der Waals surface area contributed by atoms with E-state index in [9.17, 15) is 32.7 Å². The number of urea groups is 1. The van der Waals surface area contributed by atoms with Gasteiger partial charge in [-0.3, -0.25) is 14.5 Å². The molecule has 46 heavy (non-hydrogen) atoms. The lowest BCUT2D eigenvalue weighted by atomic mass is 9.92. The molecule has 2 fully saturated rings. The van der Waals surface area contributed by atoms with E-state index in [1.165, 1.54) is 6.07 Å². The Labute approximate surface area is 272 Å². The summed E-state index contributed by atoms with van der Waals surface area (Å²) in [6, 6.07) is 9.84. The molecule has 5 rings (SSSR count). The Morgan fingerprint density at radius 2 is 1.67 bits per heavy atom. The van der Waals surface area contributed by atoms with Crippen molar-refractivity contribution in [3.8, 4) is 5.75 Å². The molecule has 2 aromatic carbocycles. The smallest absolute Gasteiger partial charge is 0.420 e. The van der Waals surface area contributed by atoms with Crippen molar-refractivity contribution in [2.24, 2.45) is 5.92 Å². The highest BCUT2D eigenvalue weighted by atomic mass is 35.5. The van der Waals surface area contributed by atoms with Crippen molar-refractivity contribution in [2.75, 3.05) is 51.1 Å². The van der Waals surface area contributed by atoms with E-state index >= 15 is 0 Å². The second-order valence-electron chi connectivity index (χ2n) is 12.7. The van der Waals surface area contributed by atoms with Crippen molar-refractivity contribution in [1.29, 1.82) is 0 Å². The summed E-state index contributed by atoms with van der Waals surface area (Å²) in [5, 5.41) is 12.5. The number of anilines is 1. The van der Waals surface area contributed by atoms with Crippen LogP contribution in [0.3, 0.4) is 0 Å². The quantitative estimate of drug-likeness (QED) is 0.422. The Balaban J connectivity index is 1.27. The van der Waals surface area contributed by atoms with Gasteiger partial charge in [-0.2, -0.15) is 13.2 Å². The van der Waals surface area contributed by atoms with E-state index in [-0.39, 0.29) is 42.3 Å². The number of piperazine rings is 1. The number of likely N-dealkylation sites (tertiary alicyclic amines) is 1. The Morgan fingerprint density at radius 3 is 2.33 bits per heavy atom. The second-order valence-corrected chi connectivity index (χ2v) is 13.1. The number of rotatable bonds is 7. The van der Waals surface area contributed by atoms with Crippen molar-refractivity contribution >= 4 is 35.1 Å². The van der Waals surface area contributed by atoms with Gasteiger partial charge in [0.2, 0.25) is 11.8 Å². The van der Waals surface area contributed by atoms with Crippen molar-refractivity contribution in [1.82, 2.24) is 19.6 Å². The summed E-state index contributed by atoms with van der Waals surface area (Å²) in [6.07, 6.45) is -3.28. The van der Waals surface area contributed by atoms with Gasteiger partial charge in [-0.25, -0.2) is 4.79 Å². The van der Waals surface area contributed by atoms with Gasteiger partial charge in [-0.05, 0) is 68.9 Å². The Kier molecular flexibility index (Phi) is 10.4. The number of benzene rings is 2. The summed E-state index contributed by atoms with van der Waals surface area (Å²) in [6.45, 7) is 7.76. The number of alkyl halides is 3. The number of phenols is 1. The molecule has 0 unspecified atom stereocenters. The molecule has 3 aliphatic heterocycles. The first kappa shape index (κ1) is 33.8. The van der Waals surface area contributed by atoms with Crippen LogP contribution in [0.4, 0.5) is 23.7 Å². The first-order chi connectivity index (χ1) is 21.8. The molecule has 2 saturated heterocycles. The molecular weight excluding hydrogens is 623 g/mol. The maximum Gasteiger partial charge on any atom is 0.420 e. The SMILES string of the molecule is CC(C)N1CCN(C(=O)[C@H](CC(=O)N2CCC(N3CCc4ccccc4NC3=O)CC2)Cc2cc(Cl)c(O)c(C(F)(F)F)c2)CC1. The van der Waals surface area contributed by atoms with Gasteiger partial charge in [0.1, 0.15) is 5.75 Å². The van der Waals surface area contributed by atoms with Crippen LogP contribution in [-0.4, -0.2) is 100 Å². The average Bonchev–Trinajstić information content (AvgIpc) is 3.19. The lowest BCUT2D eigenvalue weighted by Crippen LogP contribution is -2.53. The number of nitrogens with one attached hydrogen (secondary N) is 1. The third-order valence-corrected chi connectivity index (χ3v) is 9.73. The molecule has 0 bridgehead atoms. The fraction of sp³-hybridized carbons (Fsp3) is 0.545. The Bertz CT molecular complexity index is 1440. The molecule has 9 nitrogen and oxygen atoms in total. The highest BCUT2D eigenvalue weighted by Gasteiger charge is 2.37. The van der Waals surface area contributed by atoms with E-state index in [1.807, 2.05) is 29.2 Å². The fourth-order valence-electron chi connectivity index (χ4n) is 6.74. The summed E-state index contributed by atoms with van der Waals surface area (Å²) >= 11 is 5.98. The summed E-state index contributed by atoms with van der Waals surface area (Å²) in [7, 11) is 0. The number of carbonyl (C=O) groups excluding carboxylic acids is 3. The highest BCUT2D eigenvalue weighted by Crippen LogP contribution is 2.41. The minimum Gasteiger partial charge on any atom is -0.506 e. The molecule has 0 aliphatic carbocycles. The number of phenolic OH excluding ortho intramolecular Hbond substituents is 1. The number of fused-ring (bicyclic) bond motifs is 1. The summed E-state index contributed by atoms with van der Waals surface area (Å²) < 4.78 is 40.9. The van der Waals surface area contributed by atoms with E-state index in [0.29, 0.717) is 64.7 Å². The van der Waals surface area contributed by atoms with Crippen LogP contribution in [0.1, 0.15) is 49.8 Å². The number of carbonyl (C=O) groups is 3. The number of halogens is 4. The predicted octanol–water partition coefficient (Wildman–Crippen LogP) is 5.25. The van der Waals surface area contributed by atoms with Crippen LogP contribution in [0, 0.1) is 5.92 Å². The van der Waals surface area contributed by atoms with Gasteiger partial charge in [-0.1, -0.05) is 29.8 Å². The van der Waals surface area contributed by atoms with E-state index in [2.05, 4.69) is 24.1 Å². The van der Waals surface area contributed by atoms with Gasteiger partial charge < -0.3 is 25.1 Å². The van der Waals surface area contributed by atoms with Gasteiger partial charge in [0.15, 0.2) is 0 Å². The number of aromatic hydroxyl groups is 1. The maximum atomic E-state index is 13.8. The number of piperidine rings is 1. The number of hydrogen-bond donors (Lipinski definition) is 2. The standard InChI is InChI=1S/C33H41ClF3N5O4/c1-21(2)39-13-15-41(16-14-39)31(45)24(17-22-18-26(33(35,36)37)30(44)27(34)19-22)20-29(43)40-10-8-25(9-11-40)42-12-7-23-5-3-4-6-28(23)38-32(42)46/h3-6,18-19,21,24-25,44H,7-17,20H2,1-2H3,(H,38,46)/t24-/m0/s1. The highest BCUT2D eigenvalue weighted by molar-refractivity contribution is 6.32. The Hall–Kier alpha value is -3.51. The molecule has 4 amide bonds. The van der Waals surface area contributed by atoms with Crippen LogP contribution < -0.4 is 5.32 Å². The van der Waals surface area contributed by atoms with Crippen molar-refractivity contribution in [2.45, 2.75) is 64.2 Å². The van der Waals surface area contributed by atoms with Crippen LogP contribution >= 0.6 is 11.6 Å². The molecule has 3 aliphatic rings. The van der Waals surface area contributed by atoms with Crippen LogP contribution in [0.2, 0.25) is 5.02 Å². The number of nitrogens with zero attached hydrogens (tertiary/aromatic N) is 4. The van der Waals surface area contributed by atoms with Gasteiger partial charge in [0, 0.05) is 70.0 Å². The van der Waals surface area contributed by atoms with Gasteiger partial charge in [0.25, 0.3) is 0 Å². The molecule has 2 aromatic rings. The van der Waals surface area contributed by atoms with Gasteiger partial charge in [-0.15, -0.1) is 0 Å². The third kappa shape index (κ3) is 7.71. The number of hydrogen-bond acceptors (Lipinski definition) is 5. The third-order valence-electron chi connectivity index (χ3n) is 9.44. The molecule has 0 radical (unpaired) electrons. The van der Waals surface area contributed by atoms with E-state index in [0.717, 1.165) is 23.7 Å². The van der Waals surface area contributed by atoms with E-state index in [4.69, 9.17) is 11.6 Å². The van der Waals surface area contributed by atoms with Gasteiger partial charge >= 0.3 is 12.2 Å². The first-order valence-electron chi connectivity index (χ1n) is 15.9. The molecule has 0 saturated carbocycles. The largest absolute Gasteiger partial charge is 0.506 e. The topological polar surface area (TPSA) is 96.4 Å². The molecular formula is C33H41ClF3N5O4. The molecule has 1 atom stereocenters. The zero-order valence-electron chi connectivity index (χ0n) is 26.2. The number of para-hydroxylation sites is 1. The Morgan fingerprint density at radius 1 is 1.00 bits per heavy atom. The summed E-state index contributed by atoms with van der Waals surface area (Å²) in [5.74, 6) is -2.52. The van der Waals surface area contributed by atoms with Crippen LogP contribution in [-0.2, 0) is 28.6 Å². The second kappa shape index (κ2) is 14.1. The van der Waals surface area contributed by atoms with Crippen LogP contribution in [0.15, 0.2) is 36.4 Å². The van der Waals surface area contributed by atoms with Crippen molar-refractivity contribution in [3.05, 3.63) is 58.1 Å². The molecule has 3 heterocycles. The van der Waals surface area contributed by atoms with Crippen molar-refractivity contribution < 1.29 is 32.7 Å². The summed E-state index contributed by atoms with van der Waals surface area (Å²) in [5.41, 5.74) is 0.723. The number of amides is 4. The molecule has 13 heteroatoms. The normalized spacial score (nSPS) is 19.1. The van der Waals surface area contributed by atoms with Crippen LogP contribution in [0.25, 0.3) is 0 Å². The van der Waals surface area contributed by atoms with E-state index in [1.54, 1.807) is 9.80 Å². The minimum absolute atomic E-state index is 0.0482. The molecule has 2 N–H and O–H groups in total.